The summed E-state index contributed by atoms with van der Waals surface area (Å²) in [6, 6.07) is 8.04. The van der Waals surface area contributed by atoms with Gasteiger partial charge in [0.15, 0.2) is 5.96 Å². The van der Waals surface area contributed by atoms with Crippen LogP contribution in [0.4, 0.5) is 5.69 Å². The van der Waals surface area contributed by atoms with Gasteiger partial charge in [-0.1, -0.05) is 31.4 Å². The summed E-state index contributed by atoms with van der Waals surface area (Å²) < 4.78 is 5.33. The van der Waals surface area contributed by atoms with E-state index in [1.165, 1.54) is 32.1 Å². The number of nitrogens with one attached hydrogen (secondary N) is 3. The van der Waals surface area contributed by atoms with E-state index in [4.69, 9.17) is 4.74 Å². The Labute approximate surface area is 174 Å². The van der Waals surface area contributed by atoms with Gasteiger partial charge in [0.1, 0.15) is 0 Å². The van der Waals surface area contributed by atoms with Crippen molar-refractivity contribution in [2.75, 3.05) is 32.6 Å². The molecule has 2 saturated carbocycles. The summed E-state index contributed by atoms with van der Waals surface area (Å²) >= 11 is 0. The maximum absolute atomic E-state index is 12.2. The van der Waals surface area contributed by atoms with Gasteiger partial charge in [-0.15, -0.1) is 0 Å². The van der Waals surface area contributed by atoms with Crippen LogP contribution in [0.25, 0.3) is 0 Å². The molecular weight excluding hydrogens is 364 g/mol. The van der Waals surface area contributed by atoms with E-state index in [0.29, 0.717) is 12.0 Å². The maximum Gasteiger partial charge on any atom is 0.227 e. The van der Waals surface area contributed by atoms with E-state index >= 15 is 0 Å². The molecule has 6 heteroatoms. The van der Waals surface area contributed by atoms with Crippen LogP contribution < -0.4 is 16.0 Å². The molecule has 2 fully saturated rings. The Morgan fingerprint density at radius 3 is 2.66 bits per heavy atom. The Bertz CT molecular complexity index is 694. The molecule has 0 saturated heterocycles. The van der Waals surface area contributed by atoms with Gasteiger partial charge in [0.05, 0.1) is 0 Å². The van der Waals surface area contributed by atoms with Crippen LogP contribution in [0.15, 0.2) is 29.3 Å². The third-order valence-corrected chi connectivity index (χ3v) is 6.49. The molecule has 0 bridgehead atoms. The number of ether oxygens (including phenoxy) is 1. The van der Waals surface area contributed by atoms with Crippen molar-refractivity contribution >= 4 is 17.6 Å². The molecule has 0 spiro atoms. The summed E-state index contributed by atoms with van der Waals surface area (Å²) in [6.45, 7) is 2.40. The van der Waals surface area contributed by atoms with Crippen molar-refractivity contribution in [1.82, 2.24) is 10.6 Å². The summed E-state index contributed by atoms with van der Waals surface area (Å²) in [5, 5.41) is 9.97. The van der Waals surface area contributed by atoms with Crippen LogP contribution in [0.3, 0.4) is 0 Å². The fourth-order valence-electron chi connectivity index (χ4n) is 4.31. The van der Waals surface area contributed by atoms with Crippen molar-refractivity contribution in [3.63, 3.8) is 0 Å². The molecule has 1 aromatic carbocycles. The van der Waals surface area contributed by atoms with Crippen molar-refractivity contribution < 1.29 is 9.53 Å². The number of anilines is 1. The van der Waals surface area contributed by atoms with Crippen LogP contribution in [0.5, 0.6) is 0 Å². The Kier molecular flexibility index (Phi) is 7.92. The van der Waals surface area contributed by atoms with E-state index in [9.17, 15) is 4.79 Å². The average molecular weight is 401 g/mol. The van der Waals surface area contributed by atoms with E-state index in [2.05, 4.69) is 27.0 Å². The number of benzene rings is 1. The zero-order valence-corrected chi connectivity index (χ0v) is 17.9. The summed E-state index contributed by atoms with van der Waals surface area (Å²) in [5.74, 6) is 1.16. The number of amides is 1. The lowest BCUT2D eigenvalue weighted by Crippen LogP contribution is -2.43. The van der Waals surface area contributed by atoms with Gasteiger partial charge in [0.2, 0.25) is 5.91 Å². The molecule has 0 unspecified atom stereocenters. The van der Waals surface area contributed by atoms with E-state index < -0.39 is 0 Å². The standard InChI is InChI=1S/C23H36N4O2/c1-24-22(26-17-23(13-14-29-2)11-3-4-12-23)25-16-18-7-5-10-20(15-18)27-21(28)19-8-6-9-19/h5,7,10,15,19H,3-4,6,8-9,11-14,16-17H2,1-2H3,(H,27,28)(H2,24,25,26). The minimum atomic E-state index is 0.150. The van der Waals surface area contributed by atoms with Gasteiger partial charge in [-0.3, -0.25) is 9.79 Å². The van der Waals surface area contributed by atoms with Gasteiger partial charge in [0.25, 0.3) is 0 Å². The molecule has 3 N–H and O–H groups in total. The first-order valence-corrected chi connectivity index (χ1v) is 11.0. The minimum Gasteiger partial charge on any atom is -0.385 e. The Balaban J connectivity index is 1.48. The second kappa shape index (κ2) is 10.6. The van der Waals surface area contributed by atoms with E-state index in [1.54, 1.807) is 14.2 Å². The predicted molar refractivity (Wildman–Crippen MR) is 118 cm³/mol. The van der Waals surface area contributed by atoms with E-state index in [1.807, 2.05) is 18.2 Å². The summed E-state index contributed by atoms with van der Waals surface area (Å²) in [7, 11) is 3.58. The second-order valence-corrected chi connectivity index (χ2v) is 8.55. The van der Waals surface area contributed by atoms with Crippen LogP contribution >= 0.6 is 0 Å². The smallest absolute Gasteiger partial charge is 0.227 e. The van der Waals surface area contributed by atoms with Crippen molar-refractivity contribution in [1.29, 1.82) is 0 Å². The number of carbonyl (C=O) groups excluding carboxylic acids is 1. The van der Waals surface area contributed by atoms with Crippen LogP contribution in [-0.2, 0) is 16.1 Å². The lowest BCUT2D eigenvalue weighted by molar-refractivity contribution is -0.122. The predicted octanol–water partition coefficient (Wildman–Crippen LogP) is 3.69. The Hall–Kier alpha value is -2.08. The number of nitrogens with zero attached hydrogens (tertiary/aromatic N) is 1. The molecule has 29 heavy (non-hydrogen) atoms. The average Bonchev–Trinajstić information content (AvgIpc) is 3.14. The van der Waals surface area contributed by atoms with E-state index in [-0.39, 0.29) is 11.8 Å². The molecule has 6 nitrogen and oxygen atoms in total. The molecule has 2 aliphatic rings. The van der Waals surface area contributed by atoms with Gasteiger partial charge < -0.3 is 20.7 Å². The zero-order chi connectivity index (χ0) is 20.5. The number of guanidine groups is 1. The zero-order valence-electron chi connectivity index (χ0n) is 17.9. The van der Waals surface area contributed by atoms with Gasteiger partial charge in [-0.05, 0) is 55.2 Å². The van der Waals surface area contributed by atoms with Crippen LogP contribution in [0.2, 0.25) is 0 Å². The highest BCUT2D eigenvalue weighted by atomic mass is 16.5. The molecule has 3 rings (SSSR count). The fourth-order valence-corrected chi connectivity index (χ4v) is 4.31. The fraction of sp³-hybridized carbons (Fsp3) is 0.652. The highest BCUT2D eigenvalue weighted by Gasteiger charge is 2.33. The summed E-state index contributed by atoms with van der Waals surface area (Å²) in [6.07, 6.45) is 9.40. The number of carbonyl (C=O) groups is 1. The van der Waals surface area contributed by atoms with Crippen LogP contribution in [0, 0.1) is 11.3 Å². The molecule has 0 aromatic heterocycles. The first kappa shape index (κ1) is 21.6. The van der Waals surface area contributed by atoms with Crippen LogP contribution in [0.1, 0.15) is 56.9 Å². The molecular formula is C23H36N4O2. The number of rotatable bonds is 9. The van der Waals surface area contributed by atoms with Crippen molar-refractivity contribution in [3.8, 4) is 0 Å². The third-order valence-electron chi connectivity index (χ3n) is 6.49. The number of methoxy groups -OCH3 is 1. The van der Waals surface area contributed by atoms with Crippen molar-refractivity contribution in [2.45, 2.75) is 57.9 Å². The molecule has 1 aromatic rings. The normalized spacial score (nSPS) is 18.9. The van der Waals surface area contributed by atoms with Gasteiger partial charge in [0, 0.05) is 45.5 Å². The molecule has 160 valence electrons. The van der Waals surface area contributed by atoms with Crippen LogP contribution in [-0.4, -0.2) is 39.2 Å². The highest BCUT2D eigenvalue weighted by molar-refractivity contribution is 5.93. The first-order chi connectivity index (χ1) is 14.1. The number of hydrogen-bond acceptors (Lipinski definition) is 3. The molecule has 0 radical (unpaired) electrons. The molecule has 0 heterocycles. The first-order valence-electron chi connectivity index (χ1n) is 11.0. The number of aliphatic imine (C=N–C) groups is 1. The SMILES string of the molecule is CN=C(NCc1cccc(NC(=O)C2CCC2)c1)NCC1(CCOC)CCCC1. The van der Waals surface area contributed by atoms with Crippen molar-refractivity contribution in [2.24, 2.45) is 16.3 Å². The van der Waals surface area contributed by atoms with Gasteiger partial charge in [-0.2, -0.15) is 0 Å². The second-order valence-electron chi connectivity index (χ2n) is 8.55. The summed E-state index contributed by atoms with van der Waals surface area (Å²) in [5.41, 5.74) is 2.31. The molecule has 0 aliphatic heterocycles. The quantitative estimate of drug-likeness (QED) is 0.437. The lowest BCUT2D eigenvalue weighted by Gasteiger charge is -2.30. The minimum absolute atomic E-state index is 0.150. The Morgan fingerprint density at radius 2 is 2.00 bits per heavy atom. The van der Waals surface area contributed by atoms with E-state index in [0.717, 1.165) is 49.6 Å². The largest absolute Gasteiger partial charge is 0.385 e. The lowest BCUT2D eigenvalue weighted by atomic mass is 9.83. The monoisotopic (exact) mass is 400 g/mol. The third kappa shape index (κ3) is 6.20. The van der Waals surface area contributed by atoms with Crippen molar-refractivity contribution in [3.05, 3.63) is 29.8 Å². The topological polar surface area (TPSA) is 74.8 Å². The number of hydrogen-bond donors (Lipinski definition) is 3. The molecule has 1 amide bonds. The Morgan fingerprint density at radius 1 is 1.21 bits per heavy atom. The van der Waals surface area contributed by atoms with Gasteiger partial charge >= 0.3 is 0 Å². The molecule has 0 atom stereocenters. The van der Waals surface area contributed by atoms with Gasteiger partial charge in [-0.25, -0.2) is 0 Å². The molecule has 2 aliphatic carbocycles. The maximum atomic E-state index is 12.2. The highest BCUT2D eigenvalue weighted by Crippen LogP contribution is 2.40. The summed E-state index contributed by atoms with van der Waals surface area (Å²) in [4.78, 5) is 16.6.